The van der Waals surface area contributed by atoms with Gasteiger partial charge in [0, 0.05) is 6.54 Å². The van der Waals surface area contributed by atoms with E-state index in [1.807, 2.05) is 37.3 Å². The number of aromatic nitrogens is 3. The van der Waals surface area contributed by atoms with Crippen molar-refractivity contribution in [3.05, 3.63) is 48.5 Å². The fourth-order valence-electron chi connectivity index (χ4n) is 2.75. The third-order valence-electron chi connectivity index (χ3n) is 4.07. The van der Waals surface area contributed by atoms with Crippen LogP contribution < -0.4 is 20.1 Å². The molecule has 1 unspecified atom stereocenters. The molecule has 1 aromatic carbocycles. The number of hydrogen-bond donors (Lipinski definition) is 3. The maximum absolute atomic E-state index is 5.96. The van der Waals surface area contributed by atoms with Gasteiger partial charge in [0.15, 0.2) is 23.2 Å². The van der Waals surface area contributed by atoms with Crippen molar-refractivity contribution < 1.29 is 13.9 Å². The number of nitrogens with zero attached hydrogens (tertiary/aromatic N) is 3. The van der Waals surface area contributed by atoms with Crippen LogP contribution in [-0.2, 0) is 6.54 Å². The van der Waals surface area contributed by atoms with E-state index in [-0.39, 0.29) is 30.1 Å². The van der Waals surface area contributed by atoms with Crippen molar-refractivity contribution in [1.82, 2.24) is 25.8 Å². The summed E-state index contributed by atoms with van der Waals surface area (Å²) in [6.07, 6.45) is 1.49. The van der Waals surface area contributed by atoms with Crippen LogP contribution in [0.4, 0.5) is 0 Å². The number of aliphatic imine (C=N–C) groups is 1. The molecule has 3 N–H and O–H groups in total. The van der Waals surface area contributed by atoms with Crippen LogP contribution in [0.25, 0.3) is 11.6 Å². The van der Waals surface area contributed by atoms with Gasteiger partial charge in [0.25, 0.3) is 0 Å². The minimum absolute atomic E-state index is 0. The second kappa shape index (κ2) is 10.1. The predicted molar refractivity (Wildman–Crippen MR) is 119 cm³/mol. The van der Waals surface area contributed by atoms with Crippen LogP contribution in [0, 0.1) is 0 Å². The Bertz CT molecular complexity index is 928. The first-order chi connectivity index (χ1) is 13.8. The standard InChI is InChI=1S/C19H22N6O3.HI/c1-2-20-19(21-10-13-12-27-14-6-3-4-7-15(14)28-13)22-11-17-23-18(25-24-17)16-8-5-9-26-16;/h3-9,13H,2,10-12H2,1H3,(H2,20,21,22)(H,23,24,25);1H. The summed E-state index contributed by atoms with van der Waals surface area (Å²) in [6, 6.07) is 11.3. The smallest absolute Gasteiger partial charge is 0.216 e. The molecule has 0 bridgehead atoms. The molecule has 0 spiro atoms. The highest BCUT2D eigenvalue weighted by molar-refractivity contribution is 14.0. The summed E-state index contributed by atoms with van der Waals surface area (Å²) in [6.45, 7) is 4.15. The molecule has 1 aliphatic rings. The summed E-state index contributed by atoms with van der Waals surface area (Å²) in [4.78, 5) is 8.93. The van der Waals surface area contributed by atoms with Crippen LogP contribution in [0.2, 0.25) is 0 Å². The van der Waals surface area contributed by atoms with Gasteiger partial charge < -0.3 is 24.5 Å². The number of rotatable bonds is 6. The second-order valence-corrected chi connectivity index (χ2v) is 6.16. The van der Waals surface area contributed by atoms with E-state index in [4.69, 9.17) is 13.9 Å². The van der Waals surface area contributed by atoms with E-state index >= 15 is 0 Å². The summed E-state index contributed by atoms with van der Waals surface area (Å²) < 4.78 is 17.0. The van der Waals surface area contributed by atoms with E-state index < -0.39 is 0 Å². The number of para-hydroxylation sites is 2. The lowest BCUT2D eigenvalue weighted by Crippen LogP contribution is -2.45. The van der Waals surface area contributed by atoms with E-state index in [1.165, 1.54) is 0 Å². The van der Waals surface area contributed by atoms with Crippen LogP contribution in [-0.4, -0.2) is 46.9 Å². The van der Waals surface area contributed by atoms with Crippen molar-refractivity contribution in [2.75, 3.05) is 19.7 Å². The Labute approximate surface area is 185 Å². The molecule has 10 heteroatoms. The highest BCUT2D eigenvalue weighted by atomic mass is 127. The zero-order valence-corrected chi connectivity index (χ0v) is 18.3. The van der Waals surface area contributed by atoms with Gasteiger partial charge >= 0.3 is 0 Å². The van der Waals surface area contributed by atoms with Crippen LogP contribution in [0.3, 0.4) is 0 Å². The van der Waals surface area contributed by atoms with E-state index in [0.717, 1.165) is 18.0 Å². The van der Waals surface area contributed by atoms with Crippen LogP contribution in [0.5, 0.6) is 11.5 Å². The van der Waals surface area contributed by atoms with Crippen LogP contribution in [0.15, 0.2) is 52.1 Å². The van der Waals surface area contributed by atoms with Gasteiger partial charge in [0.1, 0.15) is 25.1 Å². The molecule has 4 rings (SSSR count). The quantitative estimate of drug-likeness (QED) is 0.266. The molecule has 29 heavy (non-hydrogen) atoms. The van der Waals surface area contributed by atoms with Crippen molar-refractivity contribution in [2.24, 2.45) is 4.99 Å². The summed E-state index contributed by atoms with van der Waals surface area (Å²) in [5.41, 5.74) is 0. The molecule has 1 aliphatic heterocycles. The molecule has 1 atom stereocenters. The molecule has 0 saturated heterocycles. The van der Waals surface area contributed by atoms with Crippen molar-refractivity contribution in [3.63, 3.8) is 0 Å². The highest BCUT2D eigenvalue weighted by Crippen LogP contribution is 2.30. The number of hydrogen-bond acceptors (Lipinski definition) is 6. The topological polar surface area (TPSA) is 110 Å². The number of H-pyrrole nitrogens is 1. The molecule has 2 aromatic heterocycles. The average Bonchev–Trinajstić information content (AvgIpc) is 3.41. The molecule has 9 nitrogen and oxygen atoms in total. The molecule has 0 radical (unpaired) electrons. The predicted octanol–water partition coefficient (Wildman–Crippen LogP) is 2.58. The molecule has 154 valence electrons. The Morgan fingerprint density at radius 1 is 1.21 bits per heavy atom. The lowest BCUT2D eigenvalue weighted by molar-refractivity contribution is 0.0936. The Morgan fingerprint density at radius 3 is 2.86 bits per heavy atom. The van der Waals surface area contributed by atoms with E-state index in [2.05, 4.69) is 30.8 Å². The number of guanidine groups is 1. The first-order valence-electron chi connectivity index (χ1n) is 9.17. The van der Waals surface area contributed by atoms with Crippen molar-refractivity contribution in [1.29, 1.82) is 0 Å². The fraction of sp³-hybridized carbons (Fsp3) is 0.316. The number of ether oxygens (including phenoxy) is 2. The van der Waals surface area contributed by atoms with Gasteiger partial charge in [-0.2, -0.15) is 0 Å². The summed E-state index contributed by atoms with van der Waals surface area (Å²) >= 11 is 0. The minimum Gasteiger partial charge on any atom is -0.486 e. The zero-order chi connectivity index (χ0) is 19.2. The van der Waals surface area contributed by atoms with Gasteiger partial charge in [-0.05, 0) is 31.2 Å². The van der Waals surface area contributed by atoms with Crippen molar-refractivity contribution in [2.45, 2.75) is 19.6 Å². The van der Waals surface area contributed by atoms with E-state index in [1.54, 1.807) is 12.3 Å². The Kier molecular flexibility index (Phi) is 7.33. The lowest BCUT2D eigenvalue weighted by atomic mass is 10.2. The number of aromatic amines is 1. The maximum atomic E-state index is 5.96. The normalized spacial score (nSPS) is 15.5. The molecular weight excluding hydrogens is 487 g/mol. The Morgan fingerprint density at radius 2 is 2.07 bits per heavy atom. The SMILES string of the molecule is CCNC(=NCc1nc(-c2ccco2)n[nH]1)NCC1COc2ccccc2O1.I. The number of fused-ring (bicyclic) bond motifs is 1. The largest absolute Gasteiger partial charge is 0.486 e. The highest BCUT2D eigenvalue weighted by Gasteiger charge is 2.20. The van der Waals surface area contributed by atoms with Gasteiger partial charge in [-0.15, -0.1) is 29.1 Å². The van der Waals surface area contributed by atoms with Crippen molar-refractivity contribution in [3.8, 4) is 23.1 Å². The third kappa shape index (κ3) is 5.40. The van der Waals surface area contributed by atoms with E-state index in [0.29, 0.717) is 43.1 Å². The molecule has 0 amide bonds. The monoisotopic (exact) mass is 510 g/mol. The van der Waals surface area contributed by atoms with E-state index in [9.17, 15) is 0 Å². The van der Waals surface area contributed by atoms with Gasteiger partial charge in [0.05, 0.1) is 12.8 Å². The molecule has 3 heterocycles. The number of halogens is 1. The second-order valence-electron chi connectivity index (χ2n) is 6.16. The minimum atomic E-state index is -0.102. The van der Waals surface area contributed by atoms with Crippen LogP contribution in [0.1, 0.15) is 12.7 Å². The first-order valence-corrected chi connectivity index (χ1v) is 9.17. The number of furan rings is 1. The molecular formula is C19H23IN6O3. The summed E-state index contributed by atoms with van der Waals surface area (Å²) in [5.74, 6) is 3.98. The average molecular weight is 510 g/mol. The number of nitrogens with one attached hydrogen (secondary N) is 3. The Hall–Kier alpha value is -2.76. The van der Waals surface area contributed by atoms with Gasteiger partial charge in [-0.3, -0.25) is 5.10 Å². The van der Waals surface area contributed by atoms with Gasteiger partial charge in [-0.25, -0.2) is 9.98 Å². The van der Waals surface area contributed by atoms with Crippen LogP contribution >= 0.6 is 24.0 Å². The van der Waals surface area contributed by atoms with Gasteiger partial charge in [-0.1, -0.05) is 12.1 Å². The molecule has 0 saturated carbocycles. The Balaban J connectivity index is 0.00000240. The fourth-order valence-corrected chi connectivity index (χ4v) is 2.75. The zero-order valence-electron chi connectivity index (χ0n) is 15.9. The molecule has 0 aliphatic carbocycles. The summed E-state index contributed by atoms with van der Waals surface area (Å²) in [5, 5.41) is 13.5. The molecule has 3 aromatic rings. The van der Waals surface area contributed by atoms with Crippen molar-refractivity contribution >= 4 is 29.9 Å². The first kappa shape index (κ1) is 21.0. The maximum Gasteiger partial charge on any atom is 0.216 e. The number of benzene rings is 1. The lowest BCUT2D eigenvalue weighted by Gasteiger charge is -2.27. The summed E-state index contributed by atoms with van der Waals surface area (Å²) in [7, 11) is 0. The molecule has 0 fully saturated rings. The third-order valence-corrected chi connectivity index (χ3v) is 4.07. The van der Waals surface area contributed by atoms with Gasteiger partial charge in [0.2, 0.25) is 5.82 Å².